The molecule has 0 N–H and O–H groups in total. The minimum atomic E-state index is -5.16. The first-order chi connectivity index (χ1) is 42.8. The summed E-state index contributed by atoms with van der Waals surface area (Å²) in [5.74, 6) is 0. The molecular weight excluding hydrogens is 1130 g/mol. The Morgan fingerprint density at radius 3 is 0.911 bits per heavy atom. The number of aromatic nitrogens is 2. The van der Waals surface area contributed by atoms with E-state index in [1.807, 2.05) is 0 Å². The lowest BCUT2D eigenvalue weighted by Gasteiger charge is -2.22. The van der Waals surface area contributed by atoms with Crippen molar-refractivity contribution in [1.29, 1.82) is 5.26 Å². The lowest BCUT2D eigenvalue weighted by atomic mass is 9.90. The monoisotopic (exact) mass is 1190 g/mol. The van der Waals surface area contributed by atoms with Gasteiger partial charge in [0, 0.05) is 38.2 Å². The van der Waals surface area contributed by atoms with Gasteiger partial charge in [0.1, 0.15) is 0 Å². The highest BCUT2D eigenvalue weighted by Gasteiger charge is 2.41. The number of nitriles is 1. The predicted octanol–water partition coefficient (Wildman–Crippen LogP) is 23.5. The van der Waals surface area contributed by atoms with Crippen molar-refractivity contribution < 1.29 is 26.3 Å². The van der Waals surface area contributed by atoms with E-state index in [4.69, 9.17) is 0 Å². The molecular formula is C81H65F6N3. The quantitative estimate of drug-likeness (QED) is 0.140. The third kappa shape index (κ3) is 9.94. The Labute approximate surface area is 520 Å². The van der Waals surface area contributed by atoms with Crippen LogP contribution in [0.1, 0.15) is 83.5 Å². The van der Waals surface area contributed by atoms with E-state index in [0.29, 0.717) is 40.2 Å². The first-order valence-corrected chi connectivity index (χ1v) is 30.2. The highest BCUT2D eigenvalue weighted by molar-refractivity contribution is 6.14. The second-order valence-corrected chi connectivity index (χ2v) is 25.0. The third-order valence-electron chi connectivity index (χ3n) is 18.3. The summed E-state index contributed by atoms with van der Waals surface area (Å²) in [7, 11) is 0. The molecule has 2 aromatic heterocycles. The van der Waals surface area contributed by atoms with Crippen LogP contribution in [0.5, 0.6) is 0 Å². The molecule has 0 saturated heterocycles. The molecule has 0 amide bonds. The van der Waals surface area contributed by atoms with E-state index in [2.05, 4.69) is 220 Å². The fraction of sp³-hybridized carbons (Fsp3) is 0.173. The summed E-state index contributed by atoms with van der Waals surface area (Å²) in [6.45, 7) is 25.3. The van der Waals surface area contributed by atoms with Crippen LogP contribution in [0.3, 0.4) is 0 Å². The van der Waals surface area contributed by atoms with Crippen LogP contribution < -0.4 is 0 Å². The van der Waals surface area contributed by atoms with E-state index < -0.39 is 29.0 Å². The normalized spacial score (nSPS) is 12.1. The van der Waals surface area contributed by atoms with E-state index in [9.17, 15) is 5.26 Å². The number of alkyl halides is 6. The van der Waals surface area contributed by atoms with E-state index in [-0.39, 0.29) is 5.56 Å². The zero-order valence-corrected chi connectivity index (χ0v) is 52.4. The number of nitrogens with zero attached hydrogens (tertiary/aromatic N) is 3. The van der Waals surface area contributed by atoms with Crippen molar-refractivity contribution in [1.82, 2.24) is 9.13 Å². The van der Waals surface area contributed by atoms with Crippen LogP contribution in [0.2, 0.25) is 0 Å². The summed E-state index contributed by atoms with van der Waals surface area (Å²) >= 11 is 0. The SMILES string of the molecule is Cc1cc(C)c(-c2ccc3c(c2)c2cc(-c4c(C)cc(C)cc4C)ccc2n3-c2ccc(-c3c(C(F)(F)F)cccc3C(F)(F)F)cc2-c2ccc(C#N)cc2-n2c3ccc(-c4c(C)cc(C)cc4C)cc3c3cc(-c4c(C)cc(C)cc4C)ccc32)c(C)c1. The largest absolute Gasteiger partial charge is 0.417 e. The maximum absolute atomic E-state index is 15.4. The molecule has 13 rings (SSSR count). The fourth-order valence-corrected chi connectivity index (χ4v) is 15.2. The van der Waals surface area contributed by atoms with Crippen LogP contribution in [-0.2, 0) is 12.4 Å². The average Bonchev–Trinajstić information content (AvgIpc) is 1.53. The molecule has 0 radical (unpaired) electrons. The first kappa shape index (κ1) is 59.1. The van der Waals surface area contributed by atoms with Crippen LogP contribution in [0.4, 0.5) is 26.3 Å². The molecule has 0 unspecified atom stereocenters. The highest BCUT2D eigenvalue weighted by atomic mass is 19.4. The third-order valence-corrected chi connectivity index (χ3v) is 18.3. The first-order valence-electron chi connectivity index (χ1n) is 30.2. The van der Waals surface area contributed by atoms with E-state index in [1.54, 1.807) is 24.3 Å². The van der Waals surface area contributed by atoms with Gasteiger partial charge in [-0.1, -0.05) is 113 Å². The zero-order chi connectivity index (χ0) is 63.7. The van der Waals surface area contributed by atoms with E-state index >= 15 is 26.3 Å². The molecule has 0 atom stereocenters. The van der Waals surface area contributed by atoms with Gasteiger partial charge in [0.2, 0.25) is 0 Å². The van der Waals surface area contributed by atoms with Gasteiger partial charge in [-0.2, -0.15) is 31.6 Å². The maximum Gasteiger partial charge on any atom is 0.417 e. The van der Waals surface area contributed by atoms with Crippen LogP contribution in [0.25, 0.3) is 122 Å². The van der Waals surface area contributed by atoms with Gasteiger partial charge in [-0.05, 0) is 263 Å². The summed E-state index contributed by atoms with van der Waals surface area (Å²) in [5, 5.41) is 14.5. The number of hydrogen-bond donors (Lipinski definition) is 0. The minimum absolute atomic E-state index is 0.283. The van der Waals surface area contributed by atoms with Crippen LogP contribution in [0, 0.1) is 94.4 Å². The second kappa shape index (κ2) is 21.7. The number of halogens is 6. The molecule has 0 aliphatic rings. The Hall–Kier alpha value is -9.91. The number of aryl methyl sites for hydroxylation is 12. The number of hydrogen-bond acceptors (Lipinski definition) is 1. The second-order valence-electron chi connectivity index (χ2n) is 25.0. The van der Waals surface area contributed by atoms with Gasteiger partial charge in [0.25, 0.3) is 0 Å². The molecule has 0 saturated carbocycles. The van der Waals surface area contributed by atoms with Gasteiger partial charge in [0.15, 0.2) is 0 Å². The standard InChI is InChI=1S/C81H65F6N3/c1-43-28-47(5)75(48(6)29-43)56-17-23-70-63(37-56)64-38-57(76-49(7)30-44(2)31-50(76)8)18-24-71(64)89(70)69-27-21-60(79-67(80(82,83)84)14-13-15-68(79)81(85,86)87)41-62(69)61-22-16-55(42-88)36-74(61)90-72-25-19-58(77-51(9)32-45(3)33-52(77)10)39-65(72)66-40-59(20-26-73(66)90)78-53(11)34-46(4)35-54(78)12/h13-41H,1-12H3. The molecule has 0 spiro atoms. The molecule has 2 heterocycles. The predicted molar refractivity (Wildman–Crippen MR) is 359 cm³/mol. The van der Waals surface area contributed by atoms with E-state index in [1.165, 1.54) is 12.1 Å². The Morgan fingerprint density at radius 1 is 0.300 bits per heavy atom. The molecule has 0 aliphatic heterocycles. The highest BCUT2D eigenvalue weighted by Crippen LogP contribution is 2.50. The number of benzene rings is 11. The molecule has 9 heteroatoms. The van der Waals surface area contributed by atoms with Crippen LogP contribution in [-0.4, -0.2) is 9.13 Å². The van der Waals surface area contributed by atoms with Gasteiger partial charge in [0.05, 0.1) is 56.2 Å². The molecule has 0 bridgehead atoms. The molecule has 90 heavy (non-hydrogen) atoms. The molecule has 0 fully saturated rings. The van der Waals surface area contributed by atoms with E-state index in [0.717, 1.165) is 161 Å². The lowest BCUT2D eigenvalue weighted by Crippen LogP contribution is -2.14. The van der Waals surface area contributed by atoms with Gasteiger partial charge in [-0.3, -0.25) is 0 Å². The summed E-state index contributed by atoms with van der Waals surface area (Å²) in [6.07, 6.45) is -10.3. The Kier molecular flexibility index (Phi) is 14.2. The van der Waals surface area contributed by atoms with Crippen LogP contribution in [0.15, 0.2) is 176 Å². The number of fused-ring (bicyclic) bond motifs is 6. The lowest BCUT2D eigenvalue weighted by molar-refractivity contribution is -0.142. The van der Waals surface area contributed by atoms with Gasteiger partial charge in [-0.25, -0.2) is 0 Å². The van der Waals surface area contributed by atoms with Crippen molar-refractivity contribution in [2.24, 2.45) is 0 Å². The van der Waals surface area contributed by atoms with Gasteiger partial charge in [-0.15, -0.1) is 0 Å². The molecule has 0 aliphatic carbocycles. The average molecular weight is 1190 g/mol. The van der Waals surface area contributed by atoms with Crippen molar-refractivity contribution >= 4 is 43.6 Å². The topological polar surface area (TPSA) is 33.6 Å². The minimum Gasteiger partial charge on any atom is -0.309 e. The zero-order valence-electron chi connectivity index (χ0n) is 52.4. The summed E-state index contributed by atoms with van der Waals surface area (Å²) in [5.41, 5.74) is 23.1. The van der Waals surface area contributed by atoms with Crippen molar-refractivity contribution in [3.63, 3.8) is 0 Å². The van der Waals surface area contributed by atoms with Gasteiger partial charge < -0.3 is 9.13 Å². The molecule has 11 aromatic carbocycles. The number of rotatable bonds is 8. The Morgan fingerprint density at radius 2 is 0.600 bits per heavy atom. The molecule has 3 nitrogen and oxygen atoms in total. The fourth-order valence-electron chi connectivity index (χ4n) is 15.2. The molecule has 13 aromatic rings. The van der Waals surface area contributed by atoms with Crippen molar-refractivity contribution in [3.05, 3.63) is 259 Å². The van der Waals surface area contributed by atoms with Gasteiger partial charge >= 0.3 is 12.4 Å². The summed E-state index contributed by atoms with van der Waals surface area (Å²) in [6, 6.07) is 57.3. The summed E-state index contributed by atoms with van der Waals surface area (Å²) in [4.78, 5) is 0. The maximum atomic E-state index is 15.4. The van der Waals surface area contributed by atoms with Crippen molar-refractivity contribution in [3.8, 4) is 84.2 Å². The van der Waals surface area contributed by atoms with Crippen LogP contribution >= 0.6 is 0 Å². The summed E-state index contributed by atoms with van der Waals surface area (Å²) < 4.78 is 96.9. The van der Waals surface area contributed by atoms with Crippen molar-refractivity contribution in [2.45, 2.75) is 95.4 Å². The molecule has 446 valence electrons. The Balaban J connectivity index is 1.17. The van der Waals surface area contributed by atoms with Crippen molar-refractivity contribution in [2.75, 3.05) is 0 Å². The Bertz CT molecular complexity index is 4890. The smallest absolute Gasteiger partial charge is 0.309 e.